The molecule has 4 N–H and O–H groups in total. The third kappa shape index (κ3) is 6.80. The van der Waals surface area contributed by atoms with Gasteiger partial charge in [-0.25, -0.2) is 0 Å². The molecule has 27 heavy (non-hydrogen) atoms. The highest BCUT2D eigenvalue weighted by Crippen LogP contribution is 2.31. The van der Waals surface area contributed by atoms with E-state index in [4.69, 9.17) is 9.47 Å². The summed E-state index contributed by atoms with van der Waals surface area (Å²) in [7, 11) is 0. The van der Waals surface area contributed by atoms with E-state index >= 15 is 0 Å². The Labute approximate surface area is 163 Å². The smallest absolute Gasteiger partial charge is 0.187 e. The van der Waals surface area contributed by atoms with E-state index in [0.717, 1.165) is 19.3 Å². The normalized spacial score (nSPS) is 36.9. The zero-order valence-corrected chi connectivity index (χ0v) is 16.6. The highest BCUT2D eigenvalue weighted by molar-refractivity contribution is 5.00. The number of hydrogen-bond donors (Lipinski definition) is 4. The van der Waals surface area contributed by atoms with Gasteiger partial charge in [0.15, 0.2) is 6.29 Å². The van der Waals surface area contributed by atoms with Crippen LogP contribution in [0.15, 0.2) is 12.2 Å². The molecular formula is C21H38O6. The molecule has 0 spiro atoms. The van der Waals surface area contributed by atoms with Crippen LogP contribution in [0, 0.1) is 5.92 Å². The molecule has 2 rings (SSSR count). The van der Waals surface area contributed by atoms with Gasteiger partial charge in [0.2, 0.25) is 0 Å². The van der Waals surface area contributed by atoms with Gasteiger partial charge in [0.25, 0.3) is 0 Å². The van der Waals surface area contributed by atoms with Crippen LogP contribution in [0.3, 0.4) is 0 Å². The summed E-state index contributed by atoms with van der Waals surface area (Å²) >= 11 is 0. The molecule has 0 aromatic rings. The Morgan fingerprint density at radius 3 is 2.37 bits per heavy atom. The maximum Gasteiger partial charge on any atom is 0.187 e. The lowest BCUT2D eigenvalue weighted by molar-refractivity contribution is -0.311. The van der Waals surface area contributed by atoms with Crippen molar-refractivity contribution in [2.24, 2.45) is 5.92 Å². The molecule has 0 aromatic carbocycles. The molecule has 7 unspecified atom stereocenters. The number of aliphatic hydroxyl groups is 4. The van der Waals surface area contributed by atoms with E-state index < -0.39 is 37.3 Å². The standard InChI is InChI=1S/C21H38O6/c1-2-3-4-5-6-7-8-11-15-12-9-10-13-16(15)26-21-20(25)19(24)18(23)17(14-22)27-21/h10,13,15-25H,2-9,11-12,14H2,1H3. The topological polar surface area (TPSA) is 99.4 Å². The maximum atomic E-state index is 10.2. The summed E-state index contributed by atoms with van der Waals surface area (Å²) in [5.74, 6) is 0.359. The van der Waals surface area contributed by atoms with Crippen molar-refractivity contribution in [1.29, 1.82) is 0 Å². The lowest BCUT2D eigenvalue weighted by atomic mass is 9.86. The van der Waals surface area contributed by atoms with Gasteiger partial charge in [0, 0.05) is 0 Å². The van der Waals surface area contributed by atoms with E-state index in [9.17, 15) is 20.4 Å². The number of unbranched alkanes of at least 4 members (excludes halogenated alkanes) is 6. The van der Waals surface area contributed by atoms with Gasteiger partial charge in [-0.3, -0.25) is 0 Å². The molecule has 6 nitrogen and oxygen atoms in total. The Morgan fingerprint density at radius 1 is 0.963 bits per heavy atom. The molecule has 0 bridgehead atoms. The first kappa shape index (κ1) is 22.8. The fourth-order valence-electron chi connectivity index (χ4n) is 4.03. The first-order valence-corrected chi connectivity index (χ1v) is 10.7. The Kier molecular flexibility index (Phi) is 10.2. The molecule has 1 saturated heterocycles. The molecule has 2 aliphatic rings. The maximum absolute atomic E-state index is 10.2. The van der Waals surface area contributed by atoms with Crippen LogP contribution >= 0.6 is 0 Å². The van der Waals surface area contributed by atoms with Crippen molar-refractivity contribution in [2.45, 2.75) is 108 Å². The molecule has 6 heteroatoms. The summed E-state index contributed by atoms with van der Waals surface area (Å²) in [6.45, 7) is 1.79. The van der Waals surface area contributed by atoms with Crippen molar-refractivity contribution in [3.05, 3.63) is 12.2 Å². The van der Waals surface area contributed by atoms with E-state index in [1.165, 1.54) is 44.9 Å². The molecular weight excluding hydrogens is 348 g/mol. The van der Waals surface area contributed by atoms with Crippen LogP contribution in [0.1, 0.15) is 71.1 Å². The summed E-state index contributed by atoms with van der Waals surface area (Å²) < 4.78 is 11.5. The van der Waals surface area contributed by atoms with Gasteiger partial charge in [-0.2, -0.15) is 0 Å². The first-order valence-electron chi connectivity index (χ1n) is 10.7. The Morgan fingerprint density at radius 2 is 1.67 bits per heavy atom. The van der Waals surface area contributed by atoms with Crippen molar-refractivity contribution in [3.63, 3.8) is 0 Å². The Hall–Kier alpha value is -0.500. The zero-order chi connectivity index (χ0) is 19.6. The monoisotopic (exact) mass is 386 g/mol. The summed E-state index contributed by atoms with van der Waals surface area (Å²) in [5, 5.41) is 39.3. The number of rotatable bonds is 11. The second kappa shape index (κ2) is 12.1. The Bertz CT molecular complexity index is 427. The SMILES string of the molecule is CCCCCCCCCC1CCC=CC1OC1OC(CO)C(O)C(O)C1O. The summed E-state index contributed by atoms with van der Waals surface area (Å²) in [5.41, 5.74) is 0. The molecule has 1 fully saturated rings. The second-order valence-electron chi connectivity index (χ2n) is 7.97. The van der Waals surface area contributed by atoms with Crippen LogP contribution in [0.5, 0.6) is 0 Å². The molecule has 158 valence electrons. The van der Waals surface area contributed by atoms with Crippen LogP contribution in [-0.4, -0.2) is 63.8 Å². The molecule has 1 aliphatic carbocycles. The third-order valence-corrected chi connectivity index (χ3v) is 5.81. The average molecular weight is 387 g/mol. The molecule has 1 aliphatic heterocycles. The van der Waals surface area contributed by atoms with E-state index in [0.29, 0.717) is 5.92 Å². The van der Waals surface area contributed by atoms with Gasteiger partial charge < -0.3 is 29.9 Å². The summed E-state index contributed by atoms with van der Waals surface area (Å²) in [6, 6.07) is 0. The van der Waals surface area contributed by atoms with Gasteiger partial charge in [-0.1, -0.05) is 64.0 Å². The molecule has 1 heterocycles. The molecule has 0 amide bonds. The van der Waals surface area contributed by atoms with Crippen molar-refractivity contribution >= 4 is 0 Å². The van der Waals surface area contributed by atoms with Gasteiger partial charge in [-0.15, -0.1) is 0 Å². The first-order chi connectivity index (χ1) is 13.1. The lowest BCUT2D eigenvalue weighted by Crippen LogP contribution is -2.59. The highest BCUT2D eigenvalue weighted by Gasteiger charge is 2.45. The third-order valence-electron chi connectivity index (χ3n) is 5.81. The molecule has 0 radical (unpaired) electrons. The predicted octanol–water partition coefficient (Wildman–Crippen LogP) is 2.28. The minimum absolute atomic E-state index is 0.180. The molecule has 0 saturated carbocycles. The number of aliphatic hydroxyl groups excluding tert-OH is 4. The zero-order valence-electron chi connectivity index (χ0n) is 16.6. The van der Waals surface area contributed by atoms with Gasteiger partial charge in [-0.05, 0) is 25.2 Å². The van der Waals surface area contributed by atoms with Crippen molar-refractivity contribution in [1.82, 2.24) is 0 Å². The quantitative estimate of drug-likeness (QED) is 0.321. The average Bonchev–Trinajstić information content (AvgIpc) is 2.68. The van der Waals surface area contributed by atoms with Crippen molar-refractivity contribution < 1.29 is 29.9 Å². The van der Waals surface area contributed by atoms with Crippen LogP contribution in [-0.2, 0) is 9.47 Å². The largest absolute Gasteiger partial charge is 0.394 e. The van der Waals surface area contributed by atoms with E-state index in [1.807, 2.05) is 6.08 Å². The second-order valence-corrected chi connectivity index (χ2v) is 7.97. The summed E-state index contributed by atoms with van der Waals surface area (Å²) in [4.78, 5) is 0. The minimum atomic E-state index is -1.39. The number of ether oxygens (including phenoxy) is 2. The lowest BCUT2D eigenvalue weighted by Gasteiger charge is -2.42. The van der Waals surface area contributed by atoms with E-state index in [-0.39, 0.29) is 6.10 Å². The Balaban J connectivity index is 1.80. The molecule has 7 atom stereocenters. The van der Waals surface area contributed by atoms with Crippen LogP contribution < -0.4 is 0 Å². The van der Waals surface area contributed by atoms with Crippen molar-refractivity contribution in [3.8, 4) is 0 Å². The highest BCUT2D eigenvalue weighted by atomic mass is 16.7. The number of allylic oxidation sites excluding steroid dienone is 1. The summed E-state index contributed by atoms with van der Waals surface area (Å²) in [6.07, 6.45) is 9.88. The van der Waals surface area contributed by atoms with Crippen molar-refractivity contribution in [2.75, 3.05) is 6.61 Å². The fraction of sp³-hybridized carbons (Fsp3) is 0.905. The van der Waals surface area contributed by atoms with E-state index in [1.54, 1.807) is 0 Å². The van der Waals surface area contributed by atoms with Gasteiger partial charge in [0.05, 0.1) is 12.7 Å². The van der Waals surface area contributed by atoms with Gasteiger partial charge in [0.1, 0.15) is 24.4 Å². The van der Waals surface area contributed by atoms with Crippen LogP contribution in [0.2, 0.25) is 0 Å². The van der Waals surface area contributed by atoms with Crippen LogP contribution in [0.25, 0.3) is 0 Å². The molecule has 0 aromatic heterocycles. The van der Waals surface area contributed by atoms with Crippen LogP contribution in [0.4, 0.5) is 0 Å². The predicted molar refractivity (Wildman–Crippen MR) is 103 cm³/mol. The van der Waals surface area contributed by atoms with Gasteiger partial charge >= 0.3 is 0 Å². The fourth-order valence-corrected chi connectivity index (χ4v) is 4.03. The number of hydrogen-bond acceptors (Lipinski definition) is 6. The minimum Gasteiger partial charge on any atom is -0.394 e. The van der Waals surface area contributed by atoms with E-state index in [2.05, 4.69) is 13.0 Å².